The van der Waals surface area contributed by atoms with Gasteiger partial charge in [0.25, 0.3) is 0 Å². The van der Waals surface area contributed by atoms with Crippen molar-refractivity contribution in [3.05, 3.63) is 28.2 Å². The molecule has 17 heavy (non-hydrogen) atoms. The van der Waals surface area contributed by atoms with E-state index < -0.39 is 6.03 Å². The normalized spacial score (nSPS) is 10.7. The number of para-hydroxylation sites is 1. The zero-order valence-electron chi connectivity index (χ0n) is 8.72. The van der Waals surface area contributed by atoms with Crippen LogP contribution in [-0.2, 0) is 0 Å². The summed E-state index contributed by atoms with van der Waals surface area (Å²) in [5.74, 6) is 0. The first-order valence-electron chi connectivity index (χ1n) is 4.18. The molecule has 2 N–H and O–H groups in total. The van der Waals surface area contributed by atoms with E-state index in [0.29, 0.717) is 15.7 Å². The third-order valence-electron chi connectivity index (χ3n) is 1.78. The van der Waals surface area contributed by atoms with E-state index in [9.17, 15) is 4.79 Å². The molecule has 0 heterocycles. The van der Waals surface area contributed by atoms with E-state index in [-0.39, 0.29) is 29.1 Å². The molecule has 8 heteroatoms. The van der Waals surface area contributed by atoms with Gasteiger partial charge >= 0.3 is 6.03 Å². The highest BCUT2D eigenvalue weighted by Crippen LogP contribution is 2.33. The molecule has 2 amide bonds. The summed E-state index contributed by atoms with van der Waals surface area (Å²) in [5, 5.41) is 0.858. The summed E-state index contributed by atoms with van der Waals surface area (Å²) >= 11 is 15.8. The number of nitrogens with two attached hydrogens (primary N) is 1. The molecule has 0 bridgehead atoms. The van der Waals surface area contributed by atoms with Crippen molar-refractivity contribution in [2.75, 3.05) is 7.05 Å². The first-order valence-corrected chi connectivity index (χ1v) is 5.38. The molecule has 0 aromatic heterocycles. The van der Waals surface area contributed by atoms with Crippen LogP contribution in [-0.4, -0.2) is 23.1 Å². The topological polar surface area (TPSA) is 58.7 Å². The Hall–Kier alpha value is -0.180. The van der Waals surface area contributed by atoms with E-state index in [2.05, 4.69) is 17.6 Å². The van der Waals surface area contributed by atoms with E-state index in [1.165, 1.54) is 7.05 Å². The fourth-order valence-electron chi connectivity index (χ4n) is 0.869. The van der Waals surface area contributed by atoms with Crippen LogP contribution in [0.25, 0.3) is 0 Å². The second-order valence-electron chi connectivity index (χ2n) is 2.88. The maximum absolute atomic E-state index is 10.9. The number of amidine groups is 1. The van der Waals surface area contributed by atoms with Crippen LogP contribution in [0.4, 0.5) is 10.5 Å². The minimum absolute atomic E-state index is 0. The predicted octanol–water partition coefficient (Wildman–Crippen LogP) is 3.54. The van der Waals surface area contributed by atoms with E-state index >= 15 is 0 Å². The van der Waals surface area contributed by atoms with E-state index in [1.54, 1.807) is 18.2 Å². The minimum atomic E-state index is -0.670. The summed E-state index contributed by atoms with van der Waals surface area (Å²) in [7, 11) is 1.44. The summed E-state index contributed by atoms with van der Waals surface area (Å²) < 4.78 is 0. The van der Waals surface area contributed by atoms with Crippen molar-refractivity contribution in [2.24, 2.45) is 10.7 Å². The van der Waals surface area contributed by atoms with Gasteiger partial charge in [-0.25, -0.2) is 9.79 Å². The van der Waals surface area contributed by atoms with Gasteiger partial charge in [0.1, 0.15) is 5.69 Å². The molecule has 94 valence electrons. The molecule has 1 rings (SSSR count). The van der Waals surface area contributed by atoms with Gasteiger partial charge in [-0.3, -0.25) is 4.90 Å². The fraction of sp³-hybridized carbons (Fsp3) is 0.111. The standard InChI is InChI=1S/C9H9Cl2N3OS.HI/c1-14(8(12)15)9(16)13-7-5(10)3-2-4-6(7)11;/h2-4H,1H3,(H2,12,15)(H,13,16);1H. The van der Waals surface area contributed by atoms with Crippen LogP contribution in [0.3, 0.4) is 0 Å². The van der Waals surface area contributed by atoms with Gasteiger partial charge in [0.2, 0.25) is 0 Å². The summed E-state index contributed by atoms with van der Waals surface area (Å²) in [6.07, 6.45) is 0. The first kappa shape index (κ1) is 16.8. The molecule has 0 saturated carbocycles. The second-order valence-corrected chi connectivity index (χ2v) is 4.09. The van der Waals surface area contributed by atoms with Crippen LogP contribution >= 0.6 is 59.8 Å². The van der Waals surface area contributed by atoms with Gasteiger partial charge in [0.15, 0.2) is 5.17 Å². The number of halogens is 3. The molecule has 0 radical (unpaired) electrons. The van der Waals surface area contributed by atoms with Crippen LogP contribution in [0.15, 0.2) is 23.2 Å². The molecule has 4 nitrogen and oxygen atoms in total. The second kappa shape index (κ2) is 7.30. The number of carbonyl (C=O) groups excluding carboxylic acids is 1. The first-order chi connectivity index (χ1) is 7.43. The van der Waals surface area contributed by atoms with E-state index in [1.807, 2.05) is 0 Å². The van der Waals surface area contributed by atoms with Crippen molar-refractivity contribution >= 4 is 76.7 Å². The van der Waals surface area contributed by atoms with Crippen LogP contribution in [0.2, 0.25) is 10.0 Å². The number of hydrogen-bond acceptors (Lipinski definition) is 2. The van der Waals surface area contributed by atoms with Crippen molar-refractivity contribution in [1.82, 2.24) is 4.90 Å². The average molecular weight is 406 g/mol. The van der Waals surface area contributed by atoms with Crippen molar-refractivity contribution in [3.63, 3.8) is 0 Å². The Morgan fingerprint density at radius 1 is 1.41 bits per heavy atom. The van der Waals surface area contributed by atoms with Crippen molar-refractivity contribution in [3.8, 4) is 0 Å². The van der Waals surface area contributed by atoms with E-state index in [4.69, 9.17) is 28.9 Å². The minimum Gasteiger partial charge on any atom is -0.351 e. The molecular formula is C9H10Cl2IN3OS. The number of primary amides is 1. The Kier molecular flexibility index (Phi) is 7.22. The molecule has 0 aliphatic carbocycles. The van der Waals surface area contributed by atoms with Crippen molar-refractivity contribution < 1.29 is 4.79 Å². The van der Waals surface area contributed by atoms with Crippen molar-refractivity contribution in [1.29, 1.82) is 0 Å². The third-order valence-corrected chi connectivity index (χ3v) is 2.79. The Bertz CT molecular complexity index is 436. The largest absolute Gasteiger partial charge is 0.351 e. The lowest BCUT2D eigenvalue weighted by molar-refractivity contribution is 0.236. The van der Waals surface area contributed by atoms with Gasteiger partial charge in [-0.05, 0) is 12.1 Å². The quantitative estimate of drug-likeness (QED) is 0.319. The smallest absolute Gasteiger partial charge is 0.320 e. The average Bonchev–Trinajstić information content (AvgIpc) is 2.22. The lowest BCUT2D eigenvalue weighted by Gasteiger charge is -2.12. The number of nitrogens with zero attached hydrogens (tertiary/aromatic N) is 2. The lowest BCUT2D eigenvalue weighted by Crippen LogP contribution is -2.34. The van der Waals surface area contributed by atoms with Gasteiger partial charge in [-0.2, -0.15) is 0 Å². The van der Waals surface area contributed by atoms with Crippen LogP contribution in [0.1, 0.15) is 0 Å². The summed E-state index contributed by atoms with van der Waals surface area (Å²) in [5.41, 5.74) is 5.41. The molecular weight excluding hydrogens is 396 g/mol. The summed E-state index contributed by atoms with van der Waals surface area (Å²) in [6, 6.07) is 4.30. The summed E-state index contributed by atoms with van der Waals surface area (Å²) in [4.78, 5) is 15.9. The molecule has 1 aromatic rings. The highest BCUT2D eigenvalue weighted by Gasteiger charge is 2.10. The Morgan fingerprint density at radius 3 is 2.29 bits per heavy atom. The van der Waals surface area contributed by atoms with Gasteiger partial charge in [-0.1, -0.05) is 29.3 Å². The predicted molar refractivity (Wildman–Crippen MR) is 85.3 cm³/mol. The lowest BCUT2D eigenvalue weighted by atomic mass is 10.3. The summed E-state index contributed by atoms with van der Waals surface area (Å²) in [6.45, 7) is 0. The molecule has 0 aliphatic rings. The van der Waals surface area contributed by atoms with Crippen LogP contribution < -0.4 is 5.73 Å². The number of amides is 2. The van der Waals surface area contributed by atoms with Gasteiger partial charge in [0, 0.05) is 7.05 Å². The molecule has 0 spiro atoms. The van der Waals surface area contributed by atoms with Gasteiger partial charge in [0.05, 0.1) is 10.0 Å². The Labute approximate surface area is 132 Å². The Morgan fingerprint density at radius 2 is 1.88 bits per heavy atom. The number of carbonyl (C=O) groups is 1. The number of aliphatic imine (C=N–C) groups is 1. The molecule has 1 aromatic carbocycles. The maximum Gasteiger partial charge on any atom is 0.320 e. The van der Waals surface area contributed by atoms with Crippen LogP contribution in [0.5, 0.6) is 0 Å². The number of thiol groups is 1. The monoisotopic (exact) mass is 405 g/mol. The van der Waals surface area contributed by atoms with Crippen molar-refractivity contribution in [2.45, 2.75) is 0 Å². The van der Waals surface area contributed by atoms with Crippen LogP contribution in [0, 0.1) is 0 Å². The highest BCUT2D eigenvalue weighted by molar-refractivity contribution is 14.0. The SMILES string of the molecule is CN(C(N)=O)C(S)=Nc1c(Cl)cccc1Cl.I. The molecule has 0 aliphatic heterocycles. The molecule has 0 fully saturated rings. The van der Waals surface area contributed by atoms with Gasteiger partial charge < -0.3 is 5.73 Å². The van der Waals surface area contributed by atoms with E-state index in [0.717, 1.165) is 4.90 Å². The highest BCUT2D eigenvalue weighted by atomic mass is 127. The zero-order valence-corrected chi connectivity index (χ0v) is 13.5. The Balaban J connectivity index is 0.00000256. The number of benzene rings is 1. The maximum atomic E-state index is 10.9. The number of rotatable bonds is 1. The zero-order chi connectivity index (χ0) is 12.3. The molecule has 0 saturated heterocycles. The molecule has 0 atom stereocenters. The van der Waals surface area contributed by atoms with Gasteiger partial charge in [-0.15, -0.1) is 36.6 Å². The third kappa shape index (κ3) is 4.53. The number of hydrogen-bond donors (Lipinski definition) is 2. The number of urea groups is 1. The molecule has 0 unspecified atom stereocenters. The fourth-order valence-corrected chi connectivity index (χ4v) is 1.55.